The van der Waals surface area contributed by atoms with Crippen molar-refractivity contribution < 1.29 is 32.2 Å². The molecule has 2 unspecified atom stereocenters. The van der Waals surface area contributed by atoms with E-state index < -0.39 is 44.3 Å². The Morgan fingerprint density at radius 3 is 2.68 bits per heavy atom. The van der Waals surface area contributed by atoms with Crippen molar-refractivity contribution in [3.8, 4) is 0 Å². The van der Waals surface area contributed by atoms with Crippen LogP contribution in [0.4, 0.5) is 10.2 Å². The highest BCUT2D eigenvalue weighted by Crippen LogP contribution is 2.52. The number of hydrogen-bond acceptors (Lipinski definition) is 10. The van der Waals surface area contributed by atoms with E-state index in [0.717, 1.165) is 5.56 Å². The molecule has 13 heteroatoms. The molecule has 5 rings (SSSR count). The molecule has 2 N–H and O–H groups in total. The highest BCUT2D eigenvalue weighted by molar-refractivity contribution is 7.52. The van der Waals surface area contributed by atoms with E-state index in [1.807, 2.05) is 30.3 Å². The topological polar surface area (TPSA) is 133 Å². The van der Waals surface area contributed by atoms with Crippen LogP contribution in [-0.2, 0) is 34.4 Å². The predicted octanol–water partition coefficient (Wildman–Crippen LogP) is 3.18. The van der Waals surface area contributed by atoms with Crippen LogP contribution in [-0.4, -0.2) is 56.6 Å². The lowest BCUT2D eigenvalue weighted by molar-refractivity contribution is -0.262. The van der Waals surface area contributed by atoms with Crippen molar-refractivity contribution in [3.63, 3.8) is 0 Å². The van der Waals surface area contributed by atoms with Crippen LogP contribution in [0.3, 0.4) is 0 Å². The van der Waals surface area contributed by atoms with E-state index in [0.29, 0.717) is 11.2 Å². The quantitative estimate of drug-likeness (QED) is 0.489. The third-order valence-corrected chi connectivity index (χ3v) is 6.81. The molecule has 5 atom stereocenters. The van der Waals surface area contributed by atoms with Gasteiger partial charge in [-0.25, -0.2) is 19.3 Å². The van der Waals surface area contributed by atoms with Crippen molar-refractivity contribution in [2.75, 3.05) is 19.0 Å². The average molecular weight is 493 g/mol. The summed E-state index contributed by atoms with van der Waals surface area (Å²) in [7, 11) is -3.62. The third-order valence-electron chi connectivity index (χ3n) is 5.62. The molecule has 3 aromatic rings. The number of hydrogen-bond donors (Lipinski definition) is 1. The Morgan fingerprint density at radius 2 is 1.91 bits per heavy atom. The second-order valence-corrected chi connectivity index (χ2v) is 10.8. The lowest BCUT2D eigenvalue weighted by Gasteiger charge is -2.29. The van der Waals surface area contributed by atoms with Gasteiger partial charge in [-0.2, -0.15) is 0 Å². The van der Waals surface area contributed by atoms with Crippen molar-refractivity contribution in [2.45, 2.75) is 50.5 Å². The minimum Gasteiger partial charge on any atom is -0.382 e. The minimum absolute atomic E-state index is 0.0538. The normalized spacial score (nSPS) is 29.8. The zero-order valence-corrected chi connectivity index (χ0v) is 19.7. The minimum atomic E-state index is -3.62. The van der Waals surface area contributed by atoms with Gasteiger partial charge in [0.25, 0.3) is 5.85 Å². The molecule has 0 amide bonds. The maximum absolute atomic E-state index is 16.2. The molecule has 2 aliphatic rings. The first kappa shape index (κ1) is 23.3. The third kappa shape index (κ3) is 4.33. The summed E-state index contributed by atoms with van der Waals surface area (Å²) in [5.41, 5.74) is 7.38. The number of benzene rings is 1. The highest BCUT2D eigenvalue weighted by atomic mass is 31.2. The molecule has 0 saturated carbocycles. The monoisotopic (exact) mass is 493 g/mol. The van der Waals surface area contributed by atoms with Crippen molar-refractivity contribution >= 4 is 24.6 Å². The first-order valence-electron chi connectivity index (χ1n) is 10.6. The lowest BCUT2D eigenvalue weighted by atomic mass is 10.1. The molecule has 1 aromatic carbocycles. The van der Waals surface area contributed by atoms with Crippen molar-refractivity contribution in [3.05, 3.63) is 48.5 Å². The summed E-state index contributed by atoms with van der Waals surface area (Å²) < 4.78 is 58.9. The van der Waals surface area contributed by atoms with Crippen molar-refractivity contribution in [2.24, 2.45) is 0 Å². The number of nitrogen functional groups attached to an aromatic ring is 1. The summed E-state index contributed by atoms with van der Waals surface area (Å²) in [4.78, 5) is 12.3. The van der Waals surface area contributed by atoms with Gasteiger partial charge in [0.2, 0.25) is 0 Å². The van der Waals surface area contributed by atoms with Crippen LogP contribution in [0.1, 0.15) is 25.6 Å². The van der Waals surface area contributed by atoms with Gasteiger partial charge < -0.3 is 29.0 Å². The summed E-state index contributed by atoms with van der Waals surface area (Å²) in [5, 5.41) is 0. The summed E-state index contributed by atoms with van der Waals surface area (Å²) in [5.74, 6) is -3.39. The van der Waals surface area contributed by atoms with Gasteiger partial charge in [-0.1, -0.05) is 30.3 Å². The van der Waals surface area contributed by atoms with Crippen molar-refractivity contribution in [1.82, 2.24) is 19.5 Å². The molecule has 4 heterocycles. The van der Waals surface area contributed by atoms with Crippen LogP contribution < -0.4 is 5.73 Å². The van der Waals surface area contributed by atoms with Gasteiger partial charge in [0.1, 0.15) is 24.6 Å². The maximum Gasteiger partial charge on any atom is 0.328 e. The van der Waals surface area contributed by atoms with Crippen LogP contribution in [0.25, 0.3) is 11.2 Å². The number of anilines is 1. The summed E-state index contributed by atoms with van der Waals surface area (Å²) >= 11 is 0. The fourth-order valence-electron chi connectivity index (χ4n) is 4.06. The number of nitrogens with zero attached hydrogens (tertiary/aromatic N) is 4. The first-order chi connectivity index (χ1) is 16.1. The van der Waals surface area contributed by atoms with E-state index in [1.165, 1.54) is 23.9 Å². The Kier molecular flexibility index (Phi) is 5.70. The van der Waals surface area contributed by atoms with E-state index in [9.17, 15) is 4.57 Å². The smallest absolute Gasteiger partial charge is 0.328 e. The van der Waals surface area contributed by atoms with Gasteiger partial charge >= 0.3 is 7.60 Å². The zero-order chi connectivity index (χ0) is 24.1. The van der Waals surface area contributed by atoms with Crippen molar-refractivity contribution in [1.29, 1.82) is 0 Å². The molecule has 2 aromatic heterocycles. The predicted molar refractivity (Wildman–Crippen MR) is 118 cm³/mol. The molecule has 182 valence electrons. The van der Waals surface area contributed by atoms with E-state index in [1.54, 1.807) is 13.8 Å². The van der Waals surface area contributed by atoms with Crippen LogP contribution in [0.5, 0.6) is 0 Å². The van der Waals surface area contributed by atoms with Gasteiger partial charge in [0.05, 0.1) is 12.9 Å². The number of halogens is 1. The number of imidazole rings is 1. The Bertz CT molecular complexity index is 1240. The van der Waals surface area contributed by atoms with E-state index in [4.69, 9.17) is 29.0 Å². The second kappa shape index (κ2) is 8.33. The fraction of sp³-hybridized carbons (Fsp3) is 0.476. The molecule has 0 spiro atoms. The average Bonchev–Trinajstić information content (AvgIpc) is 3.44. The number of ether oxygens (including phenoxy) is 3. The molecule has 0 aliphatic carbocycles. The molecule has 34 heavy (non-hydrogen) atoms. The molecule has 11 nitrogen and oxygen atoms in total. The molecular formula is C21H25FN5O6P. The molecule has 2 fully saturated rings. The number of alkyl halides is 1. The zero-order valence-electron chi connectivity index (χ0n) is 18.8. The van der Waals surface area contributed by atoms with E-state index in [-0.39, 0.29) is 12.4 Å². The number of aromatic nitrogens is 4. The largest absolute Gasteiger partial charge is 0.382 e. The summed E-state index contributed by atoms with van der Waals surface area (Å²) in [6.07, 6.45) is -0.327. The maximum atomic E-state index is 16.2. The van der Waals surface area contributed by atoms with E-state index >= 15 is 4.39 Å². The van der Waals surface area contributed by atoms with Gasteiger partial charge in [0.15, 0.2) is 29.6 Å². The van der Waals surface area contributed by atoms with Crippen LogP contribution >= 0.6 is 7.60 Å². The van der Waals surface area contributed by atoms with E-state index in [2.05, 4.69) is 15.0 Å². The first-order valence-corrected chi connectivity index (χ1v) is 12.6. The Hall–Kier alpha value is -2.47. The number of rotatable bonds is 7. The van der Waals surface area contributed by atoms with Gasteiger partial charge in [-0.15, -0.1) is 0 Å². The fourth-order valence-corrected chi connectivity index (χ4v) is 4.93. The van der Waals surface area contributed by atoms with Gasteiger partial charge in [-0.05, 0) is 19.4 Å². The number of fused-ring (bicyclic) bond motifs is 2. The lowest BCUT2D eigenvalue weighted by Crippen LogP contribution is -2.43. The van der Waals surface area contributed by atoms with Crippen LogP contribution in [0, 0.1) is 0 Å². The second-order valence-electron chi connectivity index (χ2n) is 8.70. The summed E-state index contributed by atoms with van der Waals surface area (Å²) in [6, 6.07) is 9.17. The number of nitrogens with two attached hydrogens (primary N) is 1. The summed E-state index contributed by atoms with van der Waals surface area (Å²) in [6.45, 7) is 3.98. The molecule has 0 bridgehead atoms. The Morgan fingerprint density at radius 1 is 1.15 bits per heavy atom. The SMILES string of the molecule is CC1(C)OC2[C@H](n3cnc4c(N)ncnc43)O[C@](F)(COP(C)(=O)OCc3ccccc3)[C@@H]2O1. The Labute approximate surface area is 194 Å². The van der Waals surface area contributed by atoms with Gasteiger partial charge in [0, 0.05) is 6.66 Å². The molecule has 0 radical (unpaired) electrons. The highest BCUT2D eigenvalue weighted by Gasteiger charge is 2.65. The molecule has 2 saturated heterocycles. The van der Waals surface area contributed by atoms with Gasteiger partial charge in [-0.3, -0.25) is 9.13 Å². The molecular weight excluding hydrogens is 468 g/mol. The Balaban J connectivity index is 1.36. The molecule has 2 aliphatic heterocycles. The van der Waals surface area contributed by atoms with Crippen LogP contribution in [0.2, 0.25) is 0 Å². The standard InChI is InChI=1S/C21H25FN5O6P/c1-20(2)31-15-16(32-20)21(22,10-30-34(3,28)29-9-13-7-5-4-6-8-13)33-19(15)27-12-26-14-17(23)24-11-25-18(14)27/h4-8,11-12,15-16,19H,9-10H2,1-3H3,(H2,23,24,25)/t15?,16-,19-,21-,34?/m1/s1. The van der Waals surface area contributed by atoms with Crippen LogP contribution in [0.15, 0.2) is 43.0 Å².